The molecule has 0 N–H and O–H groups in total. The van der Waals surface area contributed by atoms with Crippen LogP contribution >= 0.6 is 11.3 Å². The lowest BCUT2D eigenvalue weighted by atomic mass is 10.00. The van der Waals surface area contributed by atoms with Gasteiger partial charge in [0.25, 0.3) is 5.56 Å². The summed E-state index contributed by atoms with van der Waals surface area (Å²) in [5.74, 6) is 1.15. The van der Waals surface area contributed by atoms with Crippen molar-refractivity contribution in [3.8, 4) is 11.3 Å². The number of rotatable bonds is 6. The van der Waals surface area contributed by atoms with E-state index in [0.29, 0.717) is 18.4 Å². The fourth-order valence-corrected chi connectivity index (χ4v) is 5.38. The number of likely N-dealkylation sites (tertiary alicyclic amines) is 1. The summed E-state index contributed by atoms with van der Waals surface area (Å²) in [6.07, 6.45) is 8.82. The molecule has 0 amide bonds. The Hall–Kier alpha value is -2.38. The Balaban J connectivity index is 1.17. The van der Waals surface area contributed by atoms with Crippen LogP contribution in [0.15, 0.2) is 46.8 Å². The van der Waals surface area contributed by atoms with Gasteiger partial charge in [0, 0.05) is 60.9 Å². The molecule has 0 unspecified atom stereocenters. The van der Waals surface area contributed by atoms with Crippen molar-refractivity contribution >= 4 is 11.3 Å². The Morgan fingerprint density at radius 1 is 1.14 bits per heavy atom. The third kappa shape index (κ3) is 4.16. The van der Waals surface area contributed by atoms with E-state index < -0.39 is 0 Å². The highest BCUT2D eigenvalue weighted by molar-refractivity contribution is 7.09. The van der Waals surface area contributed by atoms with Crippen molar-refractivity contribution in [3.05, 3.63) is 63.1 Å². The summed E-state index contributed by atoms with van der Waals surface area (Å²) in [5.41, 5.74) is 2.87. The molecule has 3 aromatic rings. The van der Waals surface area contributed by atoms with Gasteiger partial charge in [-0.1, -0.05) is 12.8 Å². The second-order valence-electron chi connectivity index (χ2n) is 8.20. The van der Waals surface area contributed by atoms with Crippen LogP contribution in [-0.4, -0.2) is 37.7 Å². The highest BCUT2D eigenvalue weighted by Gasteiger charge is 2.28. The second-order valence-corrected chi connectivity index (χ2v) is 9.09. The summed E-state index contributed by atoms with van der Waals surface area (Å²) in [4.78, 5) is 23.7. The fraction of sp³-hybridized carbons (Fsp3) is 0.455. The summed E-state index contributed by atoms with van der Waals surface area (Å²) in [5, 5.41) is 8.11. The number of hydrogen-bond acceptors (Lipinski definition) is 6. The first-order valence-corrected chi connectivity index (χ1v) is 11.3. The minimum atomic E-state index is -0.0446. The van der Waals surface area contributed by atoms with E-state index in [0.717, 1.165) is 30.9 Å². The van der Waals surface area contributed by atoms with Crippen LogP contribution in [0, 0.1) is 5.92 Å². The van der Waals surface area contributed by atoms with Gasteiger partial charge in [0.2, 0.25) is 0 Å². The summed E-state index contributed by atoms with van der Waals surface area (Å²) < 4.78 is 1.60. The maximum absolute atomic E-state index is 12.2. The molecule has 2 aliphatic rings. The molecule has 1 saturated heterocycles. The number of nitrogens with zero attached hydrogens (tertiary/aromatic N) is 5. The molecule has 0 bridgehead atoms. The molecule has 4 heterocycles. The van der Waals surface area contributed by atoms with E-state index in [1.165, 1.54) is 36.4 Å². The summed E-state index contributed by atoms with van der Waals surface area (Å²) in [6.45, 7) is 3.55. The Bertz CT molecular complexity index is 1020. The Labute approximate surface area is 174 Å². The molecular weight excluding hydrogens is 382 g/mol. The summed E-state index contributed by atoms with van der Waals surface area (Å²) in [7, 11) is 0. The standard InChI is InChI=1S/C22H25N5OS/c28-21-8-7-20(18-6-3-9-23-10-18)25-27(21)13-16-11-26(12-16)14-19-15-29-22(24-19)17-4-1-2-5-17/h3,6-10,15-17H,1-2,4-5,11-14H2. The number of aromatic nitrogens is 4. The average molecular weight is 408 g/mol. The SMILES string of the molecule is O=c1ccc(-c2cccnc2)nn1CC1CN(Cc2csc(C3CCCC3)n2)C1. The van der Waals surface area contributed by atoms with Gasteiger partial charge in [-0.05, 0) is 31.0 Å². The first-order chi connectivity index (χ1) is 14.2. The van der Waals surface area contributed by atoms with Crippen molar-refractivity contribution in [2.24, 2.45) is 5.92 Å². The Morgan fingerprint density at radius 3 is 2.79 bits per heavy atom. The molecule has 0 spiro atoms. The van der Waals surface area contributed by atoms with E-state index in [1.54, 1.807) is 29.2 Å². The first-order valence-electron chi connectivity index (χ1n) is 10.4. The highest BCUT2D eigenvalue weighted by atomic mass is 32.1. The van der Waals surface area contributed by atoms with Crippen LogP contribution in [0.25, 0.3) is 11.3 Å². The average Bonchev–Trinajstić information content (AvgIpc) is 3.40. The molecule has 7 heteroatoms. The molecule has 150 valence electrons. The molecule has 1 saturated carbocycles. The van der Waals surface area contributed by atoms with Crippen molar-refractivity contribution < 1.29 is 0 Å². The van der Waals surface area contributed by atoms with E-state index in [1.807, 2.05) is 23.5 Å². The van der Waals surface area contributed by atoms with Crippen LogP contribution in [-0.2, 0) is 13.1 Å². The quantitative estimate of drug-likeness (QED) is 0.625. The Kier molecular flexibility index (Phi) is 5.24. The molecular formula is C22H25N5OS. The van der Waals surface area contributed by atoms with Crippen LogP contribution in [0.3, 0.4) is 0 Å². The molecule has 3 aromatic heterocycles. The van der Waals surface area contributed by atoms with Crippen molar-refractivity contribution in [1.29, 1.82) is 0 Å². The van der Waals surface area contributed by atoms with E-state index in [9.17, 15) is 4.79 Å². The van der Waals surface area contributed by atoms with Crippen LogP contribution in [0.1, 0.15) is 42.3 Å². The van der Waals surface area contributed by atoms with Gasteiger partial charge < -0.3 is 0 Å². The van der Waals surface area contributed by atoms with Gasteiger partial charge in [-0.2, -0.15) is 5.10 Å². The molecule has 0 aromatic carbocycles. The van der Waals surface area contributed by atoms with Crippen molar-refractivity contribution in [2.75, 3.05) is 13.1 Å². The topological polar surface area (TPSA) is 63.9 Å². The van der Waals surface area contributed by atoms with Crippen LogP contribution in [0.5, 0.6) is 0 Å². The van der Waals surface area contributed by atoms with Crippen LogP contribution in [0.2, 0.25) is 0 Å². The fourth-order valence-electron chi connectivity index (χ4n) is 4.40. The van der Waals surface area contributed by atoms with E-state index in [2.05, 4.69) is 20.4 Å². The molecule has 6 nitrogen and oxygen atoms in total. The molecule has 1 aliphatic carbocycles. The predicted molar refractivity (Wildman–Crippen MR) is 114 cm³/mol. The van der Waals surface area contributed by atoms with Crippen molar-refractivity contribution in [1.82, 2.24) is 24.6 Å². The maximum atomic E-state index is 12.2. The van der Waals surface area contributed by atoms with Crippen molar-refractivity contribution in [2.45, 2.75) is 44.7 Å². The van der Waals surface area contributed by atoms with Crippen molar-refractivity contribution in [3.63, 3.8) is 0 Å². The zero-order valence-corrected chi connectivity index (χ0v) is 17.2. The predicted octanol–water partition coefficient (Wildman–Crippen LogP) is 3.55. The van der Waals surface area contributed by atoms with Gasteiger partial charge in [-0.25, -0.2) is 9.67 Å². The monoisotopic (exact) mass is 407 g/mol. The normalized spacial score (nSPS) is 18.2. The highest BCUT2D eigenvalue weighted by Crippen LogP contribution is 2.35. The van der Waals surface area contributed by atoms with E-state index in [4.69, 9.17) is 4.98 Å². The van der Waals surface area contributed by atoms with Gasteiger partial charge in [-0.3, -0.25) is 14.7 Å². The number of thiazole rings is 1. The Morgan fingerprint density at radius 2 is 2.00 bits per heavy atom. The molecule has 1 aliphatic heterocycles. The molecule has 5 rings (SSSR count). The minimum Gasteiger partial charge on any atom is -0.297 e. The van der Waals surface area contributed by atoms with Gasteiger partial charge >= 0.3 is 0 Å². The number of pyridine rings is 1. The third-order valence-corrected chi connectivity index (χ3v) is 7.00. The van der Waals surface area contributed by atoms with Gasteiger partial charge in [0.1, 0.15) is 0 Å². The lowest BCUT2D eigenvalue weighted by Crippen LogP contribution is -2.48. The lowest BCUT2D eigenvalue weighted by molar-refractivity contribution is 0.0756. The van der Waals surface area contributed by atoms with Crippen LogP contribution < -0.4 is 5.56 Å². The maximum Gasteiger partial charge on any atom is 0.266 e. The summed E-state index contributed by atoms with van der Waals surface area (Å²) >= 11 is 1.83. The minimum absolute atomic E-state index is 0.0446. The lowest BCUT2D eigenvalue weighted by Gasteiger charge is -2.38. The number of hydrogen-bond donors (Lipinski definition) is 0. The van der Waals surface area contributed by atoms with E-state index in [-0.39, 0.29) is 5.56 Å². The van der Waals surface area contributed by atoms with Gasteiger partial charge in [0.15, 0.2) is 0 Å². The molecule has 2 fully saturated rings. The van der Waals surface area contributed by atoms with E-state index >= 15 is 0 Å². The molecule has 0 atom stereocenters. The largest absolute Gasteiger partial charge is 0.297 e. The second kappa shape index (κ2) is 8.16. The van der Waals surface area contributed by atoms with Gasteiger partial charge in [-0.15, -0.1) is 11.3 Å². The zero-order valence-electron chi connectivity index (χ0n) is 16.4. The van der Waals surface area contributed by atoms with Crippen LogP contribution in [0.4, 0.5) is 0 Å². The zero-order chi connectivity index (χ0) is 19.6. The molecule has 29 heavy (non-hydrogen) atoms. The molecule has 0 radical (unpaired) electrons. The van der Waals surface area contributed by atoms with Gasteiger partial charge in [0.05, 0.1) is 22.9 Å². The smallest absolute Gasteiger partial charge is 0.266 e. The third-order valence-electron chi connectivity index (χ3n) is 5.95. The summed E-state index contributed by atoms with van der Waals surface area (Å²) in [6, 6.07) is 7.22. The first kappa shape index (κ1) is 18.6.